The molecular weight excluding hydrogens is 254 g/mol. The largest absolute Gasteiger partial charge is 0.370 e. The van der Waals surface area contributed by atoms with E-state index in [0.717, 1.165) is 18.4 Å². The molecule has 2 aromatic rings. The van der Waals surface area contributed by atoms with E-state index in [4.69, 9.17) is 15.0 Å². The number of hydrogen-bond donors (Lipinski definition) is 1. The smallest absolute Gasteiger partial charge is 0.258 e. The zero-order chi connectivity index (χ0) is 14.6. The second-order valence-corrected chi connectivity index (χ2v) is 4.95. The van der Waals surface area contributed by atoms with Crippen LogP contribution in [-0.2, 0) is 16.8 Å². The number of methoxy groups -OCH3 is 1. The van der Waals surface area contributed by atoms with E-state index in [1.54, 1.807) is 7.11 Å². The monoisotopic (exact) mass is 275 g/mol. The van der Waals surface area contributed by atoms with Crippen LogP contribution in [0.3, 0.4) is 0 Å². The fraction of sp³-hybridized carbons (Fsp3) is 0.467. The van der Waals surface area contributed by atoms with Crippen LogP contribution >= 0.6 is 0 Å². The normalized spacial score (nSPS) is 14.2. The Morgan fingerprint density at radius 2 is 2.00 bits per heavy atom. The Hall–Kier alpha value is -1.72. The summed E-state index contributed by atoms with van der Waals surface area (Å²) >= 11 is 0. The number of hydrogen-bond acceptors (Lipinski definition) is 5. The van der Waals surface area contributed by atoms with Crippen molar-refractivity contribution in [2.24, 2.45) is 5.73 Å². The lowest BCUT2D eigenvalue weighted by Crippen LogP contribution is -2.24. The molecule has 0 aliphatic heterocycles. The standard InChI is InChI=1S/C15H21N3O2/c1-4-15(2,19-3)14-17-13(20-18-14)12-7-5-11(6-8-12)9-10-16/h5-8H,4,9-10,16H2,1-3H3. The predicted octanol–water partition coefficient (Wildman–Crippen LogP) is 2.51. The minimum Gasteiger partial charge on any atom is -0.370 e. The van der Waals surface area contributed by atoms with Gasteiger partial charge in [0, 0.05) is 12.7 Å². The summed E-state index contributed by atoms with van der Waals surface area (Å²) in [6.07, 6.45) is 1.64. The van der Waals surface area contributed by atoms with Gasteiger partial charge < -0.3 is 15.0 Å². The van der Waals surface area contributed by atoms with Crippen molar-refractivity contribution in [2.45, 2.75) is 32.3 Å². The topological polar surface area (TPSA) is 74.2 Å². The van der Waals surface area contributed by atoms with Gasteiger partial charge in [-0.3, -0.25) is 0 Å². The molecule has 0 aliphatic carbocycles. The first-order valence-corrected chi connectivity index (χ1v) is 6.81. The van der Waals surface area contributed by atoms with Crippen molar-refractivity contribution in [1.29, 1.82) is 0 Å². The summed E-state index contributed by atoms with van der Waals surface area (Å²) < 4.78 is 10.8. The summed E-state index contributed by atoms with van der Waals surface area (Å²) in [5.41, 5.74) is 7.13. The summed E-state index contributed by atoms with van der Waals surface area (Å²) in [4.78, 5) is 4.44. The Kier molecular flexibility index (Phi) is 4.52. The van der Waals surface area contributed by atoms with E-state index in [1.807, 2.05) is 38.1 Å². The van der Waals surface area contributed by atoms with E-state index in [2.05, 4.69) is 10.1 Å². The molecule has 0 bridgehead atoms. The molecule has 20 heavy (non-hydrogen) atoms. The maximum Gasteiger partial charge on any atom is 0.258 e. The highest BCUT2D eigenvalue weighted by atomic mass is 16.5. The summed E-state index contributed by atoms with van der Waals surface area (Å²) in [5.74, 6) is 1.08. The Bertz CT molecular complexity index is 545. The number of benzene rings is 1. The highest BCUT2D eigenvalue weighted by Gasteiger charge is 2.30. The molecule has 1 atom stereocenters. The Balaban J connectivity index is 2.24. The summed E-state index contributed by atoms with van der Waals surface area (Å²) in [5, 5.41) is 4.03. The second-order valence-electron chi connectivity index (χ2n) is 4.95. The van der Waals surface area contributed by atoms with Gasteiger partial charge >= 0.3 is 0 Å². The number of nitrogens with two attached hydrogens (primary N) is 1. The molecule has 0 aliphatic rings. The van der Waals surface area contributed by atoms with Crippen molar-refractivity contribution in [3.05, 3.63) is 35.7 Å². The number of ether oxygens (including phenoxy) is 1. The maximum atomic E-state index is 5.54. The van der Waals surface area contributed by atoms with E-state index in [1.165, 1.54) is 5.56 Å². The molecule has 108 valence electrons. The van der Waals surface area contributed by atoms with Crippen LogP contribution in [0.15, 0.2) is 28.8 Å². The summed E-state index contributed by atoms with van der Waals surface area (Å²) in [6.45, 7) is 4.62. The van der Waals surface area contributed by atoms with Crippen molar-refractivity contribution in [3.8, 4) is 11.5 Å². The van der Waals surface area contributed by atoms with Gasteiger partial charge in [0.2, 0.25) is 5.82 Å². The van der Waals surface area contributed by atoms with Crippen LogP contribution in [0, 0.1) is 0 Å². The maximum absolute atomic E-state index is 5.54. The fourth-order valence-corrected chi connectivity index (χ4v) is 1.93. The van der Waals surface area contributed by atoms with Gasteiger partial charge in [-0.2, -0.15) is 4.98 Å². The molecule has 2 rings (SSSR count). The number of rotatable bonds is 6. The third-order valence-electron chi connectivity index (χ3n) is 3.66. The number of nitrogens with zero attached hydrogens (tertiary/aromatic N) is 2. The first-order chi connectivity index (χ1) is 9.62. The highest BCUT2D eigenvalue weighted by molar-refractivity contribution is 5.53. The van der Waals surface area contributed by atoms with Gasteiger partial charge in [0.05, 0.1) is 0 Å². The van der Waals surface area contributed by atoms with Crippen molar-refractivity contribution in [1.82, 2.24) is 10.1 Å². The first-order valence-electron chi connectivity index (χ1n) is 6.81. The van der Waals surface area contributed by atoms with Crippen LogP contribution in [0.2, 0.25) is 0 Å². The third kappa shape index (κ3) is 2.89. The molecule has 1 aromatic carbocycles. The van der Waals surface area contributed by atoms with Gasteiger partial charge in [0.1, 0.15) is 5.60 Å². The minimum absolute atomic E-state index is 0.510. The average molecular weight is 275 g/mol. The summed E-state index contributed by atoms with van der Waals surface area (Å²) in [6, 6.07) is 8.00. The van der Waals surface area contributed by atoms with Crippen molar-refractivity contribution >= 4 is 0 Å². The van der Waals surface area contributed by atoms with Crippen LogP contribution in [0.5, 0.6) is 0 Å². The van der Waals surface area contributed by atoms with Gasteiger partial charge in [-0.1, -0.05) is 24.2 Å². The van der Waals surface area contributed by atoms with Gasteiger partial charge in [-0.15, -0.1) is 0 Å². The molecule has 5 heteroatoms. The minimum atomic E-state index is -0.513. The Labute approximate surface area is 119 Å². The predicted molar refractivity (Wildman–Crippen MR) is 77.1 cm³/mol. The molecule has 0 amide bonds. The van der Waals surface area contributed by atoms with Crippen LogP contribution in [-0.4, -0.2) is 23.8 Å². The molecule has 0 saturated carbocycles. The Morgan fingerprint density at radius 1 is 1.30 bits per heavy atom. The van der Waals surface area contributed by atoms with Gasteiger partial charge in [0.25, 0.3) is 5.89 Å². The van der Waals surface area contributed by atoms with Gasteiger partial charge in [-0.05, 0) is 44.0 Å². The van der Waals surface area contributed by atoms with Gasteiger partial charge in [-0.25, -0.2) is 0 Å². The molecule has 0 radical (unpaired) electrons. The highest BCUT2D eigenvalue weighted by Crippen LogP contribution is 2.28. The molecule has 2 N–H and O–H groups in total. The van der Waals surface area contributed by atoms with Crippen molar-refractivity contribution < 1.29 is 9.26 Å². The Morgan fingerprint density at radius 3 is 2.55 bits per heavy atom. The van der Waals surface area contributed by atoms with E-state index >= 15 is 0 Å². The lowest BCUT2D eigenvalue weighted by Gasteiger charge is -2.21. The lowest BCUT2D eigenvalue weighted by atomic mass is 10.0. The van der Waals surface area contributed by atoms with E-state index in [0.29, 0.717) is 18.3 Å². The van der Waals surface area contributed by atoms with Crippen LogP contribution in [0.4, 0.5) is 0 Å². The molecule has 1 unspecified atom stereocenters. The van der Waals surface area contributed by atoms with Crippen LogP contribution < -0.4 is 5.73 Å². The first kappa shape index (κ1) is 14.7. The van der Waals surface area contributed by atoms with E-state index in [9.17, 15) is 0 Å². The number of aromatic nitrogens is 2. The average Bonchev–Trinajstić information content (AvgIpc) is 2.98. The molecule has 1 heterocycles. The van der Waals surface area contributed by atoms with Gasteiger partial charge in [0.15, 0.2) is 0 Å². The molecule has 1 aromatic heterocycles. The molecule has 0 spiro atoms. The second kappa shape index (κ2) is 6.15. The quantitative estimate of drug-likeness (QED) is 0.876. The van der Waals surface area contributed by atoms with Crippen molar-refractivity contribution in [3.63, 3.8) is 0 Å². The third-order valence-corrected chi connectivity index (χ3v) is 3.66. The van der Waals surface area contributed by atoms with Crippen LogP contribution in [0.1, 0.15) is 31.7 Å². The van der Waals surface area contributed by atoms with Crippen molar-refractivity contribution in [2.75, 3.05) is 13.7 Å². The molecule has 0 saturated heterocycles. The SMILES string of the molecule is CCC(C)(OC)c1noc(-c2ccc(CCN)cc2)n1. The molecular formula is C15H21N3O2. The molecule has 5 nitrogen and oxygen atoms in total. The molecule has 0 fully saturated rings. The summed E-state index contributed by atoms with van der Waals surface area (Å²) in [7, 11) is 1.65. The zero-order valence-corrected chi connectivity index (χ0v) is 12.2. The lowest BCUT2D eigenvalue weighted by molar-refractivity contribution is -0.0106. The van der Waals surface area contributed by atoms with E-state index < -0.39 is 5.60 Å². The zero-order valence-electron chi connectivity index (χ0n) is 12.2. The fourth-order valence-electron chi connectivity index (χ4n) is 1.93. The van der Waals surface area contributed by atoms with E-state index in [-0.39, 0.29) is 0 Å². The van der Waals surface area contributed by atoms with Crippen LogP contribution in [0.25, 0.3) is 11.5 Å².